The molecule has 41 heavy (non-hydrogen) atoms. The van der Waals surface area contributed by atoms with Gasteiger partial charge in [-0.25, -0.2) is 18.6 Å². The molecule has 4 aromatic rings. The van der Waals surface area contributed by atoms with Crippen LogP contribution >= 0.6 is 0 Å². The van der Waals surface area contributed by atoms with Gasteiger partial charge in [0.25, 0.3) is 0 Å². The molecule has 5 rings (SSSR count). The van der Waals surface area contributed by atoms with Crippen LogP contribution in [-0.2, 0) is 0 Å². The smallest absolute Gasteiger partial charge is 0.335 e. The summed E-state index contributed by atoms with van der Waals surface area (Å²) in [4.78, 5) is 23.7. The number of fused-ring (bicyclic) bond motifs is 1. The quantitative estimate of drug-likeness (QED) is 0.226. The van der Waals surface area contributed by atoms with Crippen LogP contribution in [0.15, 0.2) is 30.3 Å². The molecule has 2 heterocycles. The molecule has 10 heteroatoms. The van der Waals surface area contributed by atoms with E-state index in [1.54, 1.807) is 38.1 Å². The highest BCUT2D eigenvalue weighted by Gasteiger charge is 2.33. The van der Waals surface area contributed by atoms with Crippen molar-refractivity contribution in [2.45, 2.75) is 51.9 Å². The third-order valence-electron chi connectivity index (χ3n) is 7.90. The number of nitrogens with one attached hydrogen (secondary N) is 1. The largest absolute Gasteiger partial charge is 0.492 e. The highest BCUT2D eigenvalue weighted by molar-refractivity contribution is 5.88. The van der Waals surface area contributed by atoms with Crippen molar-refractivity contribution in [2.75, 3.05) is 20.8 Å². The average molecular weight is 566 g/mol. The number of hydrogen-bond acceptors (Lipinski definition) is 6. The molecule has 1 atom stereocenters. The second-order valence-electron chi connectivity index (χ2n) is 10.5. The molecular weight excluding hydrogens is 532 g/mol. The molecule has 216 valence electrons. The molecule has 2 N–H and O–H groups in total. The highest BCUT2D eigenvalue weighted by atomic mass is 19.2. The number of aryl methyl sites for hydroxylation is 2. The Hall–Kier alpha value is -4.21. The number of methoxy groups -OCH3 is 2. The first-order chi connectivity index (χ1) is 19.7. The molecule has 0 aliphatic heterocycles. The number of H-pyrrole nitrogens is 1. The van der Waals surface area contributed by atoms with Gasteiger partial charge < -0.3 is 24.3 Å². The zero-order valence-electron chi connectivity index (χ0n) is 23.5. The van der Waals surface area contributed by atoms with Gasteiger partial charge in [-0.3, -0.25) is 0 Å². The van der Waals surface area contributed by atoms with Gasteiger partial charge in [0.1, 0.15) is 11.6 Å². The minimum atomic E-state index is -1.02. The molecule has 2 aromatic heterocycles. The van der Waals surface area contributed by atoms with Crippen LogP contribution < -0.4 is 14.2 Å². The fourth-order valence-electron chi connectivity index (χ4n) is 5.92. The lowest BCUT2D eigenvalue weighted by Crippen LogP contribution is -2.24. The molecule has 0 bridgehead atoms. The van der Waals surface area contributed by atoms with Crippen molar-refractivity contribution in [2.24, 2.45) is 5.92 Å². The number of carboxylic acid groups (broad SMARTS) is 1. The lowest BCUT2D eigenvalue weighted by molar-refractivity contribution is 0.0696. The molecule has 1 aliphatic rings. The Kier molecular flexibility index (Phi) is 8.10. The van der Waals surface area contributed by atoms with Crippen LogP contribution in [-0.4, -0.2) is 46.9 Å². The van der Waals surface area contributed by atoms with Crippen molar-refractivity contribution >= 4 is 17.0 Å². The zero-order chi connectivity index (χ0) is 29.3. The Balaban J connectivity index is 1.60. The second-order valence-corrected chi connectivity index (χ2v) is 10.5. The van der Waals surface area contributed by atoms with Crippen molar-refractivity contribution < 1.29 is 32.9 Å². The van der Waals surface area contributed by atoms with Gasteiger partial charge in [0.2, 0.25) is 11.8 Å². The van der Waals surface area contributed by atoms with E-state index in [-0.39, 0.29) is 29.5 Å². The number of hydrogen-bond donors (Lipinski definition) is 2. The summed E-state index contributed by atoms with van der Waals surface area (Å²) in [6, 6.07) is 7.61. The number of nitrogens with zero attached hydrogens (tertiary/aromatic N) is 2. The second kappa shape index (κ2) is 11.7. The molecule has 1 unspecified atom stereocenters. The minimum absolute atomic E-state index is 0.0551. The summed E-state index contributed by atoms with van der Waals surface area (Å²) in [5, 5.41) is 9.42. The fraction of sp³-hybridized carbons (Fsp3) is 0.387. The zero-order valence-corrected chi connectivity index (χ0v) is 23.5. The third kappa shape index (κ3) is 5.55. The topological polar surface area (TPSA) is 107 Å². The molecule has 0 radical (unpaired) electrons. The van der Waals surface area contributed by atoms with E-state index in [4.69, 9.17) is 19.2 Å². The summed E-state index contributed by atoms with van der Waals surface area (Å²) in [5.41, 5.74) is 2.86. The Morgan fingerprint density at radius 1 is 1.05 bits per heavy atom. The summed E-state index contributed by atoms with van der Waals surface area (Å²) >= 11 is 0. The Morgan fingerprint density at radius 2 is 1.76 bits per heavy atom. The predicted molar refractivity (Wildman–Crippen MR) is 150 cm³/mol. The predicted octanol–water partition coefficient (Wildman–Crippen LogP) is 6.98. The fourth-order valence-corrected chi connectivity index (χ4v) is 5.92. The van der Waals surface area contributed by atoms with Crippen molar-refractivity contribution in [3.05, 3.63) is 64.2 Å². The highest BCUT2D eigenvalue weighted by Crippen LogP contribution is 2.42. The van der Waals surface area contributed by atoms with Crippen LogP contribution in [0.25, 0.3) is 22.4 Å². The monoisotopic (exact) mass is 565 g/mol. The number of pyridine rings is 1. The Morgan fingerprint density at radius 3 is 2.39 bits per heavy atom. The Bertz CT molecular complexity index is 1570. The van der Waals surface area contributed by atoms with Gasteiger partial charge in [-0.2, -0.15) is 4.98 Å². The van der Waals surface area contributed by atoms with Gasteiger partial charge in [-0.05, 0) is 61.9 Å². The maximum atomic E-state index is 15.8. The van der Waals surface area contributed by atoms with E-state index in [0.29, 0.717) is 45.2 Å². The summed E-state index contributed by atoms with van der Waals surface area (Å²) in [7, 11) is 2.97. The van der Waals surface area contributed by atoms with E-state index in [2.05, 4.69) is 9.97 Å². The van der Waals surface area contributed by atoms with Crippen molar-refractivity contribution in [1.82, 2.24) is 15.0 Å². The van der Waals surface area contributed by atoms with Gasteiger partial charge in [0, 0.05) is 23.6 Å². The average Bonchev–Trinajstić information content (AvgIpc) is 3.38. The summed E-state index contributed by atoms with van der Waals surface area (Å²) < 4.78 is 47.9. The molecule has 0 spiro atoms. The van der Waals surface area contributed by atoms with Crippen LogP contribution in [0.5, 0.6) is 17.5 Å². The number of ether oxygens (including phenoxy) is 3. The number of aromatic amines is 1. The molecular formula is C31H33F2N3O5. The van der Waals surface area contributed by atoms with Gasteiger partial charge in [0.15, 0.2) is 11.6 Å². The molecule has 1 aliphatic carbocycles. The van der Waals surface area contributed by atoms with E-state index in [0.717, 1.165) is 38.2 Å². The van der Waals surface area contributed by atoms with E-state index in [1.807, 2.05) is 0 Å². The van der Waals surface area contributed by atoms with Crippen LogP contribution in [0.2, 0.25) is 0 Å². The van der Waals surface area contributed by atoms with Gasteiger partial charge in [0.05, 0.1) is 43.0 Å². The number of carboxylic acids is 1. The maximum Gasteiger partial charge on any atom is 0.335 e. The molecule has 2 aromatic carbocycles. The molecule has 0 saturated heterocycles. The number of aromatic nitrogens is 3. The summed E-state index contributed by atoms with van der Waals surface area (Å²) in [6.45, 7) is 3.65. The number of carbonyl (C=O) groups is 1. The standard InChI is InChI=1S/C31H33F2N3O5/c1-16-12-19(31(37)38)13-17(2)28(16)41-15-21(18-8-6-5-7-9-18)25-26(33)22(32)14-23-27(25)36-29(34-23)20-10-11-24(39-3)35-30(20)40-4/h10-14,18,21H,5-9,15H2,1-4H3,(H,34,36)(H,37,38). The van der Waals surface area contributed by atoms with E-state index in [9.17, 15) is 9.90 Å². The first kappa shape index (κ1) is 28.3. The van der Waals surface area contributed by atoms with Crippen LogP contribution in [0.3, 0.4) is 0 Å². The Labute approximate surface area is 236 Å². The summed E-state index contributed by atoms with van der Waals surface area (Å²) in [5.74, 6) is -1.85. The van der Waals surface area contributed by atoms with Crippen LogP contribution in [0.1, 0.15) is 65.1 Å². The number of imidazole rings is 1. The first-order valence-corrected chi connectivity index (χ1v) is 13.7. The van der Waals surface area contributed by atoms with Crippen molar-refractivity contribution in [1.29, 1.82) is 0 Å². The lowest BCUT2D eigenvalue weighted by Gasteiger charge is -2.31. The molecule has 8 nitrogen and oxygen atoms in total. The van der Waals surface area contributed by atoms with E-state index in [1.165, 1.54) is 14.2 Å². The summed E-state index contributed by atoms with van der Waals surface area (Å²) in [6.07, 6.45) is 4.79. The number of halogens is 2. The van der Waals surface area contributed by atoms with Crippen molar-refractivity contribution in [3.63, 3.8) is 0 Å². The first-order valence-electron chi connectivity index (χ1n) is 13.7. The van der Waals surface area contributed by atoms with Crippen LogP contribution in [0.4, 0.5) is 8.78 Å². The third-order valence-corrected chi connectivity index (χ3v) is 7.90. The number of benzene rings is 2. The van der Waals surface area contributed by atoms with Gasteiger partial charge in [-0.15, -0.1) is 0 Å². The molecule has 1 fully saturated rings. The normalized spacial score (nSPS) is 14.7. The minimum Gasteiger partial charge on any atom is -0.492 e. The molecule has 0 amide bonds. The number of rotatable bonds is 9. The lowest BCUT2D eigenvalue weighted by atomic mass is 9.76. The SMILES string of the molecule is COc1ccc(-c2nc3c(C(COc4c(C)cc(C(=O)O)cc4C)C4CCCCC4)c(F)c(F)cc3[nH]2)c(OC)n1. The van der Waals surface area contributed by atoms with E-state index < -0.39 is 23.5 Å². The maximum absolute atomic E-state index is 15.8. The van der Waals surface area contributed by atoms with E-state index >= 15 is 8.78 Å². The van der Waals surface area contributed by atoms with Crippen LogP contribution in [0, 0.1) is 31.4 Å². The van der Waals surface area contributed by atoms with Crippen molar-refractivity contribution in [3.8, 4) is 28.9 Å². The molecule has 1 saturated carbocycles. The van der Waals surface area contributed by atoms with Gasteiger partial charge >= 0.3 is 5.97 Å². The van der Waals surface area contributed by atoms with Gasteiger partial charge in [-0.1, -0.05) is 19.3 Å². The number of aromatic carboxylic acids is 1.